The molecule has 0 aliphatic rings. The molecule has 0 spiro atoms. The van der Waals surface area contributed by atoms with Gasteiger partial charge < -0.3 is 16.0 Å². The Balaban J connectivity index is 1.38. The highest BCUT2D eigenvalue weighted by Crippen LogP contribution is 2.26. The first-order valence-corrected chi connectivity index (χ1v) is 11.0. The van der Waals surface area contributed by atoms with Crippen LogP contribution in [0.4, 0.5) is 11.6 Å². The maximum absolute atomic E-state index is 12.8. The smallest absolute Gasteiger partial charge is 0.224 e. The predicted molar refractivity (Wildman–Crippen MR) is 124 cm³/mol. The number of ketones is 1. The van der Waals surface area contributed by atoms with Crippen LogP contribution in [-0.2, 0) is 0 Å². The molecule has 0 aliphatic carbocycles. The number of nitrogens with one attached hydrogen (secondary N) is 3. The van der Waals surface area contributed by atoms with E-state index in [0.717, 1.165) is 15.9 Å². The van der Waals surface area contributed by atoms with Crippen molar-refractivity contribution in [2.75, 3.05) is 23.7 Å². The van der Waals surface area contributed by atoms with Crippen molar-refractivity contribution < 1.29 is 4.79 Å². The summed E-state index contributed by atoms with van der Waals surface area (Å²) in [6.07, 6.45) is 0. The van der Waals surface area contributed by atoms with Crippen molar-refractivity contribution in [1.29, 1.82) is 0 Å². The van der Waals surface area contributed by atoms with Crippen molar-refractivity contribution in [3.05, 3.63) is 69.9 Å². The van der Waals surface area contributed by atoms with Crippen LogP contribution in [0.3, 0.4) is 0 Å². The Morgan fingerprint density at radius 2 is 1.83 bits per heavy atom. The number of aromatic nitrogens is 2. The van der Waals surface area contributed by atoms with E-state index in [1.54, 1.807) is 0 Å². The second kappa shape index (κ2) is 9.08. The first kappa shape index (κ1) is 19.4. The molecule has 3 aromatic heterocycles. The zero-order chi connectivity index (χ0) is 20.1. The Morgan fingerprint density at radius 1 is 0.966 bits per heavy atom. The van der Waals surface area contributed by atoms with Crippen molar-refractivity contribution in [1.82, 2.24) is 15.3 Å². The Labute approximate surface area is 181 Å². The molecule has 29 heavy (non-hydrogen) atoms. The Hall–Kier alpha value is -2.88. The van der Waals surface area contributed by atoms with Crippen molar-refractivity contribution in [2.45, 2.75) is 0 Å². The summed E-state index contributed by atoms with van der Waals surface area (Å²) in [5, 5.41) is 13.8. The van der Waals surface area contributed by atoms with Gasteiger partial charge in [0.25, 0.3) is 0 Å². The fourth-order valence-corrected chi connectivity index (χ4v) is 4.37. The molecule has 0 radical (unpaired) electrons. The number of hydrogen-bond acceptors (Lipinski definition) is 7. The molecular formula is C20H17N5OS3. The Morgan fingerprint density at radius 3 is 2.62 bits per heavy atom. The van der Waals surface area contributed by atoms with Gasteiger partial charge in [-0.15, -0.1) is 22.7 Å². The summed E-state index contributed by atoms with van der Waals surface area (Å²) in [7, 11) is 0. The van der Waals surface area contributed by atoms with E-state index in [-0.39, 0.29) is 5.78 Å². The van der Waals surface area contributed by atoms with E-state index in [1.807, 2.05) is 59.3 Å². The summed E-state index contributed by atoms with van der Waals surface area (Å²) in [4.78, 5) is 22.5. The van der Waals surface area contributed by atoms with Gasteiger partial charge in [0.05, 0.1) is 15.1 Å². The van der Waals surface area contributed by atoms with E-state index < -0.39 is 0 Å². The van der Waals surface area contributed by atoms with Crippen molar-refractivity contribution >= 4 is 67.6 Å². The molecular weight excluding hydrogens is 422 g/mol. The summed E-state index contributed by atoms with van der Waals surface area (Å²) < 4.78 is 0.806. The molecule has 1 aromatic carbocycles. The van der Waals surface area contributed by atoms with Gasteiger partial charge >= 0.3 is 0 Å². The number of nitrogens with zero attached hydrogens (tertiary/aromatic N) is 2. The highest BCUT2D eigenvalue weighted by molar-refractivity contribution is 7.80. The minimum absolute atomic E-state index is 0.0794. The standard InChI is InChI=1S/C20H17N5OS3/c26-17(15-7-4-11-28-15)16-18-14(8-12-29-18)24-19(25-16)21-9-10-22-20(27)23-13-5-2-1-3-6-13/h1-8,11-12H,9-10H2,(H,21,24,25)(H2,22,23,27). The van der Waals surface area contributed by atoms with Crippen LogP contribution in [0.5, 0.6) is 0 Å². The van der Waals surface area contributed by atoms with Crippen LogP contribution >= 0.6 is 34.9 Å². The molecule has 3 N–H and O–H groups in total. The number of fused-ring (bicyclic) bond motifs is 1. The molecule has 0 saturated heterocycles. The number of thiocarbonyl (C=S) groups is 1. The molecule has 4 rings (SSSR count). The molecule has 0 bridgehead atoms. The van der Waals surface area contributed by atoms with Crippen LogP contribution in [0.2, 0.25) is 0 Å². The summed E-state index contributed by atoms with van der Waals surface area (Å²) in [5.41, 5.74) is 2.13. The monoisotopic (exact) mass is 439 g/mol. The molecule has 0 amide bonds. The molecule has 0 fully saturated rings. The molecule has 0 aliphatic heterocycles. The van der Waals surface area contributed by atoms with E-state index in [2.05, 4.69) is 25.9 Å². The summed E-state index contributed by atoms with van der Waals surface area (Å²) in [5.74, 6) is 0.351. The molecule has 146 valence electrons. The fraction of sp³-hybridized carbons (Fsp3) is 0.100. The van der Waals surface area contributed by atoms with Crippen molar-refractivity contribution in [3.8, 4) is 0 Å². The van der Waals surface area contributed by atoms with E-state index >= 15 is 0 Å². The predicted octanol–water partition coefficient (Wildman–Crippen LogP) is 4.38. The zero-order valence-electron chi connectivity index (χ0n) is 15.2. The maximum atomic E-state index is 12.8. The lowest BCUT2D eigenvalue weighted by Crippen LogP contribution is -2.32. The van der Waals surface area contributed by atoms with Crippen LogP contribution < -0.4 is 16.0 Å². The summed E-state index contributed by atoms with van der Waals surface area (Å²) in [6.45, 7) is 1.14. The largest absolute Gasteiger partial charge is 0.361 e. The number of para-hydroxylation sites is 1. The van der Waals surface area contributed by atoms with E-state index in [1.165, 1.54) is 22.7 Å². The van der Waals surface area contributed by atoms with Gasteiger partial charge in [-0.05, 0) is 47.2 Å². The number of anilines is 2. The normalized spacial score (nSPS) is 10.6. The Bertz CT molecular complexity index is 1130. The van der Waals surface area contributed by atoms with Gasteiger partial charge in [-0.25, -0.2) is 9.97 Å². The molecule has 9 heteroatoms. The molecule has 0 unspecified atom stereocenters. The molecule has 6 nitrogen and oxygen atoms in total. The fourth-order valence-electron chi connectivity index (χ4n) is 2.67. The van der Waals surface area contributed by atoms with Gasteiger partial charge in [-0.3, -0.25) is 4.79 Å². The van der Waals surface area contributed by atoms with Crippen LogP contribution in [0.25, 0.3) is 10.2 Å². The molecule has 4 aromatic rings. The molecule has 3 heterocycles. The van der Waals surface area contributed by atoms with Gasteiger partial charge in [0, 0.05) is 18.8 Å². The van der Waals surface area contributed by atoms with Gasteiger partial charge in [-0.1, -0.05) is 24.3 Å². The maximum Gasteiger partial charge on any atom is 0.224 e. The highest BCUT2D eigenvalue weighted by atomic mass is 32.1. The molecule has 0 saturated carbocycles. The van der Waals surface area contributed by atoms with Crippen LogP contribution in [-0.4, -0.2) is 34.0 Å². The minimum atomic E-state index is -0.0794. The lowest BCUT2D eigenvalue weighted by Gasteiger charge is -2.11. The minimum Gasteiger partial charge on any atom is -0.361 e. The van der Waals surface area contributed by atoms with Gasteiger partial charge in [0.2, 0.25) is 11.7 Å². The third-order valence-corrected chi connectivity index (χ3v) is 6.01. The lowest BCUT2D eigenvalue weighted by atomic mass is 10.2. The van der Waals surface area contributed by atoms with Crippen molar-refractivity contribution in [3.63, 3.8) is 0 Å². The number of benzene rings is 1. The second-order valence-corrected chi connectivity index (χ2v) is 8.28. The number of rotatable bonds is 7. The first-order valence-electron chi connectivity index (χ1n) is 8.88. The number of carbonyl (C=O) groups excluding carboxylic acids is 1. The first-order chi connectivity index (χ1) is 14.2. The quantitative estimate of drug-likeness (QED) is 0.224. The topological polar surface area (TPSA) is 78.9 Å². The van der Waals surface area contributed by atoms with Crippen LogP contribution in [0.15, 0.2) is 59.3 Å². The van der Waals surface area contributed by atoms with E-state index in [0.29, 0.717) is 34.7 Å². The zero-order valence-corrected chi connectivity index (χ0v) is 17.7. The van der Waals surface area contributed by atoms with Gasteiger partial charge in [0.15, 0.2) is 5.11 Å². The third kappa shape index (κ3) is 4.76. The number of thiophene rings is 2. The summed E-state index contributed by atoms with van der Waals surface area (Å²) in [6, 6.07) is 15.3. The average Bonchev–Trinajstić information content (AvgIpc) is 3.43. The van der Waals surface area contributed by atoms with Gasteiger partial charge in [-0.2, -0.15) is 0 Å². The number of hydrogen-bond donors (Lipinski definition) is 3. The SMILES string of the molecule is O=C(c1cccs1)c1nc(NCCNC(=S)Nc2ccccc2)nc2ccsc12. The van der Waals surface area contributed by atoms with E-state index in [4.69, 9.17) is 12.2 Å². The lowest BCUT2D eigenvalue weighted by molar-refractivity contribution is 0.104. The average molecular weight is 440 g/mol. The van der Waals surface area contributed by atoms with Crippen molar-refractivity contribution in [2.24, 2.45) is 0 Å². The highest BCUT2D eigenvalue weighted by Gasteiger charge is 2.18. The van der Waals surface area contributed by atoms with Crippen LogP contribution in [0.1, 0.15) is 15.4 Å². The molecule has 0 atom stereocenters. The van der Waals surface area contributed by atoms with Gasteiger partial charge in [0.1, 0.15) is 5.69 Å². The summed E-state index contributed by atoms with van der Waals surface area (Å²) >= 11 is 8.18. The van der Waals surface area contributed by atoms with E-state index in [9.17, 15) is 4.79 Å². The second-order valence-electron chi connectivity index (χ2n) is 6.01. The van der Waals surface area contributed by atoms with Crippen LogP contribution in [0, 0.1) is 0 Å². The third-order valence-electron chi connectivity index (χ3n) is 3.99. The Kier molecular flexibility index (Phi) is 6.09. The number of carbonyl (C=O) groups is 1.